The lowest BCUT2D eigenvalue weighted by Crippen LogP contribution is -2.58. The summed E-state index contributed by atoms with van der Waals surface area (Å²) < 4.78 is 15.0. The van der Waals surface area contributed by atoms with Crippen LogP contribution in [0.5, 0.6) is 0 Å². The fourth-order valence-corrected chi connectivity index (χ4v) is 3.03. The molecule has 0 bridgehead atoms. The lowest BCUT2D eigenvalue weighted by Gasteiger charge is -2.27. The molecular formula is C23H33N3O8. The van der Waals surface area contributed by atoms with Gasteiger partial charge in [0.15, 0.2) is 0 Å². The van der Waals surface area contributed by atoms with E-state index < -0.39 is 60.2 Å². The van der Waals surface area contributed by atoms with Gasteiger partial charge in [-0.2, -0.15) is 0 Å². The van der Waals surface area contributed by atoms with Crippen LogP contribution >= 0.6 is 0 Å². The fraction of sp³-hybridized carbons (Fsp3) is 0.522. The largest absolute Gasteiger partial charge is 0.466 e. The minimum atomic E-state index is -1.57. The summed E-state index contributed by atoms with van der Waals surface area (Å²) in [6.45, 7) is 6.52. The van der Waals surface area contributed by atoms with Crippen LogP contribution in [0.4, 0.5) is 4.79 Å². The van der Waals surface area contributed by atoms with Crippen LogP contribution in [0.3, 0.4) is 0 Å². The molecule has 1 aromatic carbocycles. The molecule has 0 unspecified atom stereocenters. The van der Waals surface area contributed by atoms with E-state index in [1.807, 2.05) is 6.07 Å². The Morgan fingerprint density at radius 2 is 1.50 bits per heavy atom. The van der Waals surface area contributed by atoms with E-state index in [9.17, 15) is 24.0 Å². The quantitative estimate of drug-likeness (QED) is 0.279. The highest BCUT2D eigenvalue weighted by Gasteiger charge is 2.39. The minimum absolute atomic E-state index is 0.00646. The standard InChI is InChI=1S/C23H33N3O8/c1-5-32-17(27)12-16(22(30)33-6-2)19(20(24)28)25-21(29)18(14(3)4)26-23(31)34-13-15-10-8-7-9-11-15/h7-11,14,16,18-19H,5-6,12-13H2,1-4H3,(H2,24,28)(H,25,29)(H,26,31)/t16-,18-,19+/m1/s1. The molecule has 188 valence electrons. The Kier molecular flexibility index (Phi) is 12.1. The lowest BCUT2D eigenvalue weighted by molar-refractivity contribution is -0.157. The Morgan fingerprint density at radius 1 is 0.882 bits per heavy atom. The van der Waals surface area contributed by atoms with E-state index in [2.05, 4.69) is 10.6 Å². The van der Waals surface area contributed by atoms with Crippen molar-refractivity contribution >= 4 is 29.8 Å². The number of esters is 2. The number of benzene rings is 1. The van der Waals surface area contributed by atoms with E-state index in [1.165, 1.54) is 0 Å². The van der Waals surface area contributed by atoms with Gasteiger partial charge in [0.2, 0.25) is 11.8 Å². The van der Waals surface area contributed by atoms with Crippen molar-refractivity contribution in [2.24, 2.45) is 17.6 Å². The molecule has 3 atom stereocenters. The number of carbonyl (C=O) groups excluding carboxylic acids is 5. The van der Waals surface area contributed by atoms with Gasteiger partial charge in [0, 0.05) is 0 Å². The summed E-state index contributed by atoms with van der Waals surface area (Å²) in [4.78, 5) is 61.8. The molecule has 0 aromatic heterocycles. The first-order valence-corrected chi connectivity index (χ1v) is 11.0. The summed E-state index contributed by atoms with van der Waals surface area (Å²) in [7, 11) is 0. The minimum Gasteiger partial charge on any atom is -0.466 e. The van der Waals surface area contributed by atoms with Crippen LogP contribution in [-0.4, -0.2) is 55.1 Å². The maximum atomic E-state index is 12.9. The molecule has 11 heteroatoms. The van der Waals surface area contributed by atoms with Gasteiger partial charge in [0.1, 0.15) is 18.7 Å². The van der Waals surface area contributed by atoms with Gasteiger partial charge < -0.3 is 30.6 Å². The second kappa shape index (κ2) is 14.5. The predicted molar refractivity (Wildman–Crippen MR) is 121 cm³/mol. The smallest absolute Gasteiger partial charge is 0.408 e. The Labute approximate surface area is 198 Å². The molecule has 0 aliphatic heterocycles. The maximum absolute atomic E-state index is 12.9. The number of hydrogen-bond acceptors (Lipinski definition) is 8. The number of hydrogen-bond donors (Lipinski definition) is 3. The number of ether oxygens (including phenoxy) is 3. The molecule has 1 aromatic rings. The Bertz CT molecular complexity index is 844. The monoisotopic (exact) mass is 479 g/mol. The number of amides is 3. The van der Waals surface area contributed by atoms with Crippen LogP contribution in [-0.2, 0) is 40.0 Å². The van der Waals surface area contributed by atoms with Gasteiger partial charge in [0.25, 0.3) is 0 Å². The summed E-state index contributed by atoms with van der Waals surface area (Å²) in [5, 5.41) is 4.82. The first kappa shape index (κ1) is 28.4. The van der Waals surface area contributed by atoms with Crippen LogP contribution in [0.2, 0.25) is 0 Å². The summed E-state index contributed by atoms with van der Waals surface area (Å²) in [6, 6.07) is 6.27. The molecule has 0 saturated heterocycles. The topological polar surface area (TPSA) is 163 Å². The third kappa shape index (κ3) is 9.47. The van der Waals surface area contributed by atoms with Crippen LogP contribution in [0, 0.1) is 11.8 Å². The maximum Gasteiger partial charge on any atom is 0.408 e. The number of carbonyl (C=O) groups is 5. The van der Waals surface area contributed by atoms with Crippen LogP contribution in [0.25, 0.3) is 0 Å². The van der Waals surface area contributed by atoms with Crippen molar-refractivity contribution in [2.75, 3.05) is 13.2 Å². The average molecular weight is 480 g/mol. The molecule has 34 heavy (non-hydrogen) atoms. The number of primary amides is 1. The molecule has 0 spiro atoms. The second-order valence-electron chi connectivity index (χ2n) is 7.68. The van der Waals surface area contributed by atoms with E-state index in [1.54, 1.807) is 52.0 Å². The first-order chi connectivity index (χ1) is 16.1. The Balaban J connectivity index is 2.95. The highest BCUT2D eigenvalue weighted by atomic mass is 16.6. The van der Waals surface area contributed by atoms with Crippen molar-refractivity contribution in [2.45, 2.75) is 52.8 Å². The summed E-state index contributed by atoms with van der Waals surface area (Å²) in [5.41, 5.74) is 6.19. The normalized spacial score (nSPS) is 13.2. The van der Waals surface area contributed by atoms with Gasteiger partial charge in [-0.15, -0.1) is 0 Å². The van der Waals surface area contributed by atoms with E-state index in [0.717, 1.165) is 5.56 Å². The van der Waals surface area contributed by atoms with Crippen LogP contribution in [0.1, 0.15) is 39.7 Å². The van der Waals surface area contributed by atoms with E-state index >= 15 is 0 Å². The zero-order valence-electron chi connectivity index (χ0n) is 19.9. The average Bonchev–Trinajstić information content (AvgIpc) is 2.78. The van der Waals surface area contributed by atoms with Crippen LogP contribution in [0.15, 0.2) is 30.3 Å². The number of nitrogens with two attached hydrogens (primary N) is 1. The molecule has 11 nitrogen and oxygen atoms in total. The van der Waals surface area contributed by atoms with Crippen molar-refractivity contribution in [1.29, 1.82) is 0 Å². The van der Waals surface area contributed by atoms with Crippen molar-refractivity contribution in [3.8, 4) is 0 Å². The molecule has 0 aliphatic carbocycles. The lowest BCUT2D eigenvalue weighted by atomic mass is 9.94. The Hall–Kier alpha value is -3.63. The van der Waals surface area contributed by atoms with Gasteiger partial charge in [0.05, 0.1) is 25.6 Å². The molecule has 4 N–H and O–H groups in total. The number of alkyl carbamates (subject to hydrolysis) is 1. The summed E-state index contributed by atoms with van der Waals surface area (Å²) in [5.74, 6) is -5.30. The molecule has 3 amide bonds. The van der Waals surface area contributed by atoms with Gasteiger partial charge in [-0.3, -0.25) is 19.2 Å². The first-order valence-electron chi connectivity index (χ1n) is 11.0. The highest BCUT2D eigenvalue weighted by Crippen LogP contribution is 2.15. The van der Waals surface area contributed by atoms with Gasteiger partial charge in [-0.1, -0.05) is 44.2 Å². The molecule has 1 rings (SSSR count). The molecule has 0 saturated carbocycles. The summed E-state index contributed by atoms with van der Waals surface area (Å²) >= 11 is 0. The molecule has 0 aliphatic rings. The molecular weight excluding hydrogens is 446 g/mol. The van der Waals surface area contributed by atoms with Crippen molar-refractivity contribution in [3.05, 3.63) is 35.9 Å². The van der Waals surface area contributed by atoms with Crippen LogP contribution < -0.4 is 16.4 Å². The zero-order chi connectivity index (χ0) is 25.7. The SMILES string of the molecule is CCOC(=O)C[C@@H](C(=O)OCC)[C@H](NC(=O)[C@H](NC(=O)OCc1ccccc1)C(C)C)C(N)=O. The van der Waals surface area contributed by atoms with Crippen molar-refractivity contribution < 1.29 is 38.2 Å². The number of nitrogens with one attached hydrogen (secondary N) is 2. The molecule has 0 heterocycles. The summed E-state index contributed by atoms with van der Waals surface area (Å²) in [6.07, 6.45) is -1.37. The second-order valence-corrected chi connectivity index (χ2v) is 7.68. The third-order valence-corrected chi connectivity index (χ3v) is 4.72. The van der Waals surface area contributed by atoms with E-state index in [-0.39, 0.29) is 19.8 Å². The molecule has 0 radical (unpaired) electrons. The zero-order valence-corrected chi connectivity index (χ0v) is 19.9. The van der Waals surface area contributed by atoms with Gasteiger partial charge >= 0.3 is 18.0 Å². The van der Waals surface area contributed by atoms with Gasteiger partial charge in [-0.25, -0.2) is 4.79 Å². The third-order valence-electron chi connectivity index (χ3n) is 4.72. The Morgan fingerprint density at radius 3 is 2.03 bits per heavy atom. The van der Waals surface area contributed by atoms with Gasteiger partial charge in [-0.05, 0) is 25.3 Å². The van der Waals surface area contributed by atoms with E-state index in [0.29, 0.717) is 0 Å². The van der Waals surface area contributed by atoms with Crippen molar-refractivity contribution in [3.63, 3.8) is 0 Å². The van der Waals surface area contributed by atoms with E-state index in [4.69, 9.17) is 19.9 Å². The molecule has 0 fully saturated rings. The van der Waals surface area contributed by atoms with Crippen molar-refractivity contribution in [1.82, 2.24) is 10.6 Å². The number of rotatable bonds is 13. The highest BCUT2D eigenvalue weighted by molar-refractivity contribution is 5.94. The predicted octanol–water partition coefficient (Wildman–Crippen LogP) is 1.04. The fourth-order valence-electron chi connectivity index (χ4n) is 3.03.